The van der Waals surface area contributed by atoms with Gasteiger partial charge in [-0.25, -0.2) is 0 Å². The van der Waals surface area contributed by atoms with Crippen molar-refractivity contribution in [1.82, 2.24) is 25.2 Å². The van der Waals surface area contributed by atoms with Crippen LogP contribution < -0.4 is 10.9 Å². The summed E-state index contributed by atoms with van der Waals surface area (Å²) < 4.78 is 0. The third-order valence-corrected chi connectivity index (χ3v) is 5.79. The summed E-state index contributed by atoms with van der Waals surface area (Å²) in [6, 6.07) is 7.70. The van der Waals surface area contributed by atoms with E-state index in [2.05, 4.69) is 25.2 Å². The van der Waals surface area contributed by atoms with Gasteiger partial charge in [0.15, 0.2) is 0 Å². The van der Waals surface area contributed by atoms with Crippen LogP contribution in [0.1, 0.15) is 40.5 Å². The Morgan fingerprint density at radius 3 is 2.80 bits per heavy atom. The van der Waals surface area contributed by atoms with Gasteiger partial charge in [-0.05, 0) is 61.1 Å². The number of nitrogens with zero attached hydrogens (tertiary/aromatic N) is 3. The highest BCUT2D eigenvalue weighted by Crippen LogP contribution is 2.23. The Labute approximate surface area is 175 Å². The van der Waals surface area contributed by atoms with Gasteiger partial charge in [-0.15, -0.1) is 0 Å². The Bertz CT molecular complexity index is 1110. The number of aryl methyl sites for hydroxylation is 1. The van der Waals surface area contributed by atoms with E-state index in [4.69, 9.17) is 0 Å². The van der Waals surface area contributed by atoms with Gasteiger partial charge in [-0.3, -0.25) is 24.5 Å². The summed E-state index contributed by atoms with van der Waals surface area (Å²) in [4.78, 5) is 37.9. The van der Waals surface area contributed by atoms with Crippen LogP contribution in [0.4, 0.5) is 0 Å². The molecule has 0 aliphatic carbocycles. The number of nitrogens with one attached hydrogen (secondary N) is 2. The molecule has 1 atom stereocenters. The van der Waals surface area contributed by atoms with Gasteiger partial charge in [0, 0.05) is 38.1 Å². The van der Waals surface area contributed by atoms with Crippen molar-refractivity contribution in [3.63, 3.8) is 0 Å². The zero-order valence-corrected chi connectivity index (χ0v) is 17.4. The van der Waals surface area contributed by atoms with Crippen molar-refractivity contribution in [3.05, 3.63) is 69.4 Å². The summed E-state index contributed by atoms with van der Waals surface area (Å²) in [5, 5.41) is 2.59. The smallest absolute Gasteiger partial charge is 0.269 e. The van der Waals surface area contributed by atoms with E-state index in [-0.39, 0.29) is 11.5 Å². The van der Waals surface area contributed by atoms with Crippen molar-refractivity contribution >= 4 is 16.9 Å². The van der Waals surface area contributed by atoms with Gasteiger partial charge in [0.25, 0.3) is 11.5 Å². The van der Waals surface area contributed by atoms with Crippen LogP contribution in [0.5, 0.6) is 0 Å². The van der Waals surface area contributed by atoms with E-state index in [0.717, 1.165) is 60.2 Å². The van der Waals surface area contributed by atoms with Gasteiger partial charge in [0.1, 0.15) is 5.69 Å². The Balaban J connectivity index is 1.38. The van der Waals surface area contributed by atoms with E-state index in [9.17, 15) is 9.59 Å². The Morgan fingerprint density at radius 1 is 1.23 bits per heavy atom. The average Bonchev–Trinajstić information content (AvgIpc) is 3.19. The molecule has 30 heavy (non-hydrogen) atoms. The Hall–Kier alpha value is -3.06. The second-order valence-corrected chi connectivity index (χ2v) is 7.98. The van der Waals surface area contributed by atoms with Crippen LogP contribution in [0.3, 0.4) is 0 Å². The normalized spacial score (nSPS) is 16.8. The van der Waals surface area contributed by atoms with Crippen molar-refractivity contribution in [2.24, 2.45) is 5.92 Å². The maximum absolute atomic E-state index is 12.1. The summed E-state index contributed by atoms with van der Waals surface area (Å²) in [7, 11) is 1.61. The molecule has 4 rings (SSSR count). The number of pyridine rings is 3. The molecule has 0 radical (unpaired) electrons. The van der Waals surface area contributed by atoms with E-state index in [1.807, 2.05) is 31.3 Å². The van der Waals surface area contributed by atoms with Crippen LogP contribution in [-0.4, -0.2) is 45.9 Å². The first-order valence-electron chi connectivity index (χ1n) is 10.5. The summed E-state index contributed by atoms with van der Waals surface area (Å²) in [5.74, 6) is 0.405. The van der Waals surface area contributed by atoms with Gasteiger partial charge in [0.2, 0.25) is 0 Å². The first-order chi connectivity index (χ1) is 14.6. The number of aromatic nitrogens is 3. The molecule has 1 saturated heterocycles. The van der Waals surface area contributed by atoms with Crippen LogP contribution in [0.25, 0.3) is 11.0 Å². The molecule has 0 aromatic carbocycles. The van der Waals surface area contributed by atoms with Gasteiger partial charge in [-0.2, -0.15) is 0 Å². The minimum absolute atomic E-state index is 0.0266. The number of hydrogen-bond donors (Lipinski definition) is 2. The molecule has 1 amide bonds. The topological polar surface area (TPSA) is 91.0 Å². The van der Waals surface area contributed by atoms with E-state index >= 15 is 0 Å². The number of hydrogen-bond acceptors (Lipinski definition) is 5. The SMILES string of the molecule is CCc1cc2ncc(CN3CC[C@@H](Cc4ccc(C(=O)NC)nc4)C3)cc2[nH]c1=O. The molecule has 0 saturated carbocycles. The molecule has 3 aromatic rings. The molecule has 2 N–H and O–H groups in total. The van der Waals surface area contributed by atoms with Crippen LogP contribution >= 0.6 is 0 Å². The maximum Gasteiger partial charge on any atom is 0.269 e. The van der Waals surface area contributed by atoms with Crippen LogP contribution in [0.2, 0.25) is 0 Å². The van der Waals surface area contributed by atoms with Crippen molar-refractivity contribution in [1.29, 1.82) is 0 Å². The number of rotatable bonds is 6. The van der Waals surface area contributed by atoms with Crippen LogP contribution in [0.15, 0.2) is 41.5 Å². The molecular weight excluding hydrogens is 378 g/mol. The zero-order valence-electron chi connectivity index (χ0n) is 17.4. The van der Waals surface area contributed by atoms with Crippen molar-refractivity contribution in [2.45, 2.75) is 32.7 Å². The summed E-state index contributed by atoms with van der Waals surface area (Å²) >= 11 is 0. The fourth-order valence-electron chi connectivity index (χ4n) is 4.14. The molecule has 4 heterocycles. The Morgan fingerprint density at radius 2 is 2.07 bits per heavy atom. The molecule has 1 aliphatic heterocycles. The fraction of sp³-hybridized carbons (Fsp3) is 0.391. The van der Waals surface area contributed by atoms with Gasteiger partial charge >= 0.3 is 0 Å². The summed E-state index contributed by atoms with van der Waals surface area (Å²) in [6.07, 6.45) is 6.51. The van der Waals surface area contributed by atoms with Crippen LogP contribution in [-0.2, 0) is 19.4 Å². The molecule has 7 nitrogen and oxygen atoms in total. The van der Waals surface area contributed by atoms with E-state index in [0.29, 0.717) is 18.0 Å². The largest absolute Gasteiger partial charge is 0.354 e. The second kappa shape index (κ2) is 8.75. The molecule has 1 aliphatic rings. The highest BCUT2D eigenvalue weighted by Gasteiger charge is 2.23. The first kappa shape index (κ1) is 20.2. The van der Waals surface area contributed by atoms with Gasteiger partial charge in [0.05, 0.1) is 11.0 Å². The number of carbonyl (C=O) groups is 1. The van der Waals surface area contributed by atoms with Crippen LogP contribution in [0, 0.1) is 5.92 Å². The minimum Gasteiger partial charge on any atom is -0.354 e. The second-order valence-electron chi connectivity index (χ2n) is 7.98. The number of carbonyl (C=O) groups excluding carboxylic acids is 1. The Kier molecular flexibility index (Phi) is 5.90. The third kappa shape index (κ3) is 4.41. The van der Waals surface area contributed by atoms with Crippen molar-refractivity contribution in [2.75, 3.05) is 20.1 Å². The average molecular weight is 406 g/mol. The molecule has 0 unspecified atom stereocenters. The molecule has 7 heteroatoms. The molecular formula is C23H27N5O2. The van der Waals surface area contributed by atoms with Gasteiger partial charge in [-0.1, -0.05) is 13.0 Å². The molecule has 0 bridgehead atoms. The first-order valence-corrected chi connectivity index (χ1v) is 10.5. The quantitative estimate of drug-likeness (QED) is 0.657. The lowest BCUT2D eigenvalue weighted by molar-refractivity contribution is 0.0958. The van der Waals surface area contributed by atoms with Crippen molar-refractivity contribution < 1.29 is 4.79 Å². The number of fused-ring (bicyclic) bond motifs is 1. The van der Waals surface area contributed by atoms with Gasteiger partial charge < -0.3 is 10.3 Å². The summed E-state index contributed by atoms with van der Waals surface area (Å²) in [6.45, 7) is 4.85. The predicted octanol–water partition coefficient (Wildman–Crippen LogP) is 2.30. The van der Waals surface area contributed by atoms with E-state index < -0.39 is 0 Å². The minimum atomic E-state index is -0.162. The highest BCUT2D eigenvalue weighted by molar-refractivity contribution is 5.91. The van der Waals surface area contributed by atoms with Crippen molar-refractivity contribution in [3.8, 4) is 0 Å². The summed E-state index contributed by atoms with van der Waals surface area (Å²) in [5.41, 5.74) is 5.09. The number of aromatic amines is 1. The lowest BCUT2D eigenvalue weighted by Crippen LogP contribution is -2.21. The fourth-order valence-corrected chi connectivity index (χ4v) is 4.14. The van der Waals surface area contributed by atoms with E-state index in [1.165, 1.54) is 0 Å². The molecule has 0 spiro atoms. The maximum atomic E-state index is 12.1. The number of H-pyrrole nitrogens is 1. The third-order valence-electron chi connectivity index (χ3n) is 5.79. The molecule has 1 fully saturated rings. The standard InChI is InChI=1S/C23H27N5O2/c1-3-18-10-20-21(27-22(18)29)9-17(12-26-20)14-28-7-6-16(13-28)8-15-4-5-19(25-11-15)23(30)24-2/h4-5,9-12,16H,3,6-8,13-14H2,1-2H3,(H,24,30)(H,27,29)/t16-/m0/s1. The number of amides is 1. The monoisotopic (exact) mass is 405 g/mol. The lowest BCUT2D eigenvalue weighted by Gasteiger charge is -2.16. The molecule has 3 aromatic heterocycles. The molecule has 156 valence electrons. The number of likely N-dealkylation sites (tertiary alicyclic amines) is 1. The predicted molar refractivity (Wildman–Crippen MR) is 116 cm³/mol. The van der Waals surface area contributed by atoms with E-state index in [1.54, 1.807) is 19.3 Å². The lowest BCUT2D eigenvalue weighted by atomic mass is 10.00. The zero-order chi connectivity index (χ0) is 21.1. The highest BCUT2D eigenvalue weighted by atomic mass is 16.1.